The normalized spacial score (nSPS) is 11.3. The topological polar surface area (TPSA) is 117 Å². The molecule has 4 heterocycles. The smallest absolute Gasteiger partial charge is 0.258 e. The van der Waals surface area contributed by atoms with Crippen LogP contribution in [-0.2, 0) is 13.5 Å². The second-order valence-electron chi connectivity index (χ2n) is 7.01. The van der Waals surface area contributed by atoms with Crippen molar-refractivity contribution in [1.29, 1.82) is 0 Å². The van der Waals surface area contributed by atoms with Gasteiger partial charge < -0.3 is 14.7 Å². The minimum absolute atomic E-state index is 0.0579. The molecule has 0 aliphatic rings. The van der Waals surface area contributed by atoms with Gasteiger partial charge in [0.1, 0.15) is 23.6 Å². The Kier molecular flexibility index (Phi) is 4.51. The molecule has 5 rings (SSSR count). The van der Waals surface area contributed by atoms with Crippen LogP contribution < -0.4 is 11.3 Å². The zero-order chi connectivity index (χ0) is 22.4. The summed E-state index contributed by atoms with van der Waals surface area (Å²) in [5.41, 5.74) is 6.52. The second kappa shape index (κ2) is 7.38. The predicted octanol–water partition coefficient (Wildman–Crippen LogP) is 2.60. The van der Waals surface area contributed by atoms with Crippen LogP contribution in [0.2, 0.25) is 0 Å². The molecule has 0 spiro atoms. The number of oxazole rings is 1. The van der Waals surface area contributed by atoms with Crippen LogP contribution in [0.4, 0.5) is 14.7 Å². The molecule has 2 N–H and O–H groups in total. The summed E-state index contributed by atoms with van der Waals surface area (Å²) in [5.74, 6) is -1.26. The SMILES string of the molecule is Cn1cccc(-c2c(-c3ncco3)nc(N)n3nc(Cc4c(F)cccc4F)nc23)c1=O. The number of aromatic nitrogens is 6. The Bertz CT molecular complexity index is 1500. The number of anilines is 1. The molecule has 160 valence electrons. The van der Waals surface area contributed by atoms with Crippen LogP contribution in [0, 0.1) is 11.6 Å². The van der Waals surface area contributed by atoms with E-state index in [1.165, 1.54) is 27.6 Å². The van der Waals surface area contributed by atoms with Crippen LogP contribution in [0.3, 0.4) is 0 Å². The maximum Gasteiger partial charge on any atom is 0.258 e. The summed E-state index contributed by atoms with van der Waals surface area (Å²) in [6, 6.07) is 6.88. The maximum absolute atomic E-state index is 14.2. The molecule has 0 atom stereocenters. The van der Waals surface area contributed by atoms with E-state index in [4.69, 9.17) is 10.2 Å². The lowest BCUT2D eigenvalue weighted by atomic mass is 10.1. The standard InChI is InChI=1S/C21H15F2N7O2/c1-29-8-3-4-11(20(29)31)16-17(19-25-7-9-32-19)27-21(24)30-18(16)26-15(28-30)10-12-13(22)5-2-6-14(12)23/h2-9H,10H2,1H3,(H2,24,27). The molecular weight excluding hydrogens is 420 g/mol. The Labute approximate surface area is 178 Å². The Morgan fingerprint density at radius 2 is 1.91 bits per heavy atom. The number of fused-ring (bicyclic) bond motifs is 1. The van der Waals surface area contributed by atoms with Gasteiger partial charge in [-0.15, -0.1) is 5.10 Å². The lowest BCUT2D eigenvalue weighted by Gasteiger charge is -2.09. The highest BCUT2D eigenvalue weighted by Gasteiger charge is 2.24. The fourth-order valence-electron chi connectivity index (χ4n) is 3.46. The number of nitrogen functional groups attached to an aromatic ring is 1. The van der Waals surface area contributed by atoms with E-state index in [0.717, 1.165) is 12.1 Å². The molecule has 0 unspecified atom stereocenters. The van der Waals surface area contributed by atoms with E-state index >= 15 is 0 Å². The van der Waals surface area contributed by atoms with Crippen molar-refractivity contribution in [2.75, 3.05) is 5.73 Å². The minimum Gasteiger partial charge on any atom is -0.443 e. The molecule has 0 amide bonds. The fraction of sp³-hybridized carbons (Fsp3) is 0.0952. The highest BCUT2D eigenvalue weighted by atomic mass is 19.1. The monoisotopic (exact) mass is 435 g/mol. The molecule has 0 aliphatic carbocycles. The molecule has 0 fully saturated rings. The van der Waals surface area contributed by atoms with Crippen LogP contribution in [-0.4, -0.2) is 29.1 Å². The number of aryl methyl sites for hydroxylation is 1. The van der Waals surface area contributed by atoms with Gasteiger partial charge in [-0.05, 0) is 24.3 Å². The maximum atomic E-state index is 14.2. The van der Waals surface area contributed by atoms with Crippen molar-refractivity contribution in [3.63, 3.8) is 0 Å². The van der Waals surface area contributed by atoms with Gasteiger partial charge in [-0.2, -0.15) is 4.52 Å². The van der Waals surface area contributed by atoms with Gasteiger partial charge in [-0.25, -0.2) is 23.7 Å². The third-order valence-electron chi connectivity index (χ3n) is 4.98. The van der Waals surface area contributed by atoms with E-state index in [1.54, 1.807) is 25.4 Å². The molecule has 1 aromatic carbocycles. The summed E-state index contributed by atoms with van der Waals surface area (Å²) in [4.78, 5) is 25.8. The summed E-state index contributed by atoms with van der Waals surface area (Å²) in [5, 5.41) is 4.28. The molecular formula is C21H15F2N7O2. The molecule has 0 aliphatic heterocycles. The third kappa shape index (κ3) is 3.11. The second-order valence-corrected chi connectivity index (χ2v) is 7.01. The first kappa shape index (κ1) is 19.5. The highest BCUT2D eigenvalue weighted by molar-refractivity contribution is 5.88. The molecule has 32 heavy (non-hydrogen) atoms. The number of benzene rings is 1. The van der Waals surface area contributed by atoms with Crippen molar-refractivity contribution >= 4 is 11.6 Å². The van der Waals surface area contributed by atoms with Gasteiger partial charge in [0, 0.05) is 25.2 Å². The van der Waals surface area contributed by atoms with E-state index in [9.17, 15) is 13.6 Å². The van der Waals surface area contributed by atoms with Crippen LogP contribution in [0.25, 0.3) is 28.4 Å². The van der Waals surface area contributed by atoms with E-state index in [1.807, 2.05) is 0 Å². The van der Waals surface area contributed by atoms with E-state index < -0.39 is 11.6 Å². The average molecular weight is 435 g/mol. The Hall–Kier alpha value is -4.41. The third-order valence-corrected chi connectivity index (χ3v) is 4.98. The summed E-state index contributed by atoms with van der Waals surface area (Å²) in [6.45, 7) is 0. The molecule has 9 nitrogen and oxygen atoms in total. The van der Waals surface area contributed by atoms with E-state index in [-0.39, 0.29) is 57.7 Å². The van der Waals surface area contributed by atoms with Crippen LogP contribution in [0.15, 0.2) is 58.2 Å². The molecule has 0 bridgehead atoms. The summed E-state index contributed by atoms with van der Waals surface area (Å²) >= 11 is 0. The van der Waals surface area contributed by atoms with E-state index in [2.05, 4.69) is 20.1 Å². The van der Waals surface area contributed by atoms with Crippen LogP contribution >= 0.6 is 0 Å². The first-order chi connectivity index (χ1) is 15.4. The summed E-state index contributed by atoms with van der Waals surface area (Å²) in [7, 11) is 1.61. The van der Waals surface area contributed by atoms with Crippen molar-refractivity contribution in [3.05, 3.63) is 82.4 Å². The predicted molar refractivity (Wildman–Crippen MR) is 111 cm³/mol. The van der Waals surface area contributed by atoms with Crippen LogP contribution in [0.5, 0.6) is 0 Å². The largest absolute Gasteiger partial charge is 0.443 e. The molecule has 0 radical (unpaired) electrons. The van der Waals surface area contributed by atoms with Gasteiger partial charge in [0.05, 0.1) is 17.3 Å². The number of nitrogens with two attached hydrogens (primary N) is 1. The number of rotatable bonds is 4. The number of halogens is 2. The lowest BCUT2D eigenvalue weighted by Crippen LogP contribution is -2.18. The molecule has 11 heteroatoms. The van der Waals surface area contributed by atoms with Gasteiger partial charge in [-0.3, -0.25) is 4.79 Å². The van der Waals surface area contributed by atoms with Crippen molar-refractivity contribution in [2.45, 2.75) is 6.42 Å². The van der Waals surface area contributed by atoms with Gasteiger partial charge in [0.2, 0.25) is 11.8 Å². The van der Waals surface area contributed by atoms with Crippen molar-refractivity contribution in [3.8, 4) is 22.7 Å². The van der Waals surface area contributed by atoms with Gasteiger partial charge in [-0.1, -0.05) is 6.07 Å². The number of pyridine rings is 1. The first-order valence-electron chi connectivity index (χ1n) is 9.48. The van der Waals surface area contributed by atoms with Gasteiger partial charge in [0.15, 0.2) is 11.5 Å². The van der Waals surface area contributed by atoms with Gasteiger partial charge in [0.25, 0.3) is 5.56 Å². The Morgan fingerprint density at radius 3 is 2.62 bits per heavy atom. The highest BCUT2D eigenvalue weighted by Crippen LogP contribution is 2.32. The quantitative estimate of drug-likeness (QED) is 0.461. The zero-order valence-electron chi connectivity index (χ0n) is 16.7. The molecule has 4 aromatic heterocycles. The van der Waals surface area contributed by atoms with E-state index in [0.29, 0.717) is 0 Å². The molecule has 0 saturated carbocycles. The molecule has 5 aromatic rings. The zero-order valence-corrected chi connectivity index (χ0v) is 16.7. The van der Waals surface area contributed by atoms with Crippen molar-refractivity contribution in [2.24, 2.45) is 7.05 Å². The lowest BCUT2D eigenvalue weighted by molar-refractivity contribution is 0.559. The van der Waals surface area contributed by atoms with Crippen molar-refractivity contribution < 1.29 is 13.2 Å². The number of hydrogen-bond acceptors (Lipinski definition) is 7. The number of hydrogen-bond donors (Lipinski definition) is 1. The summed E-state index contributed by atoms with van der Waals surface area (Å²) in [6.07, 6.45) is 4.18. The van der Waals surface area contributed by atoms with Crippen molar-refractivity contribution in [1.82, 2.24) is 29.1 Å². The Morgan fingerprint density at radius 1 is 1.12 bits per heavy atom. The number of nitrogens with zero attached hydrogens (tertiary/aromatic N) is 6. The minimum atomic E-state index is -0.715. The van der Waals surface area contributed by atoms with Gasteiger partial charge >= 0.3 is 0 Å². The fourth-order valence-corrected chi connectivity index (χ4v) is 3.46. The summed E-state index contributed by atoms with van der Waals surface area (Å²) < 4.78 is 36.3. The average Bonchev–Trinajstić information content (AvgIpc) is 3.44. The van der Waals surface area contributed by atoms with Crippen LogP contribution in [0.1, 0.15) is 11.4 Å². The Balaban J connectivity index is 1.79. The molecule has 0 saturated heterocycles. The first-order valence-corrected chi connectivity index (χ1v) is 9.48.